The summed E-state index contributed by atoms with van der Waals surface area (Å²) in [5, 5.41) is 0.186. The number of rotatable bonds is 5. The molecule has 0 bridgehead atoms. The van der Waals surface area contributed by atoms with Gasteiger partial charge in [-0.05, 0) is 38.3 Å². The molecule has 1 amide bonds. The van der Waals surface area contributed by atoms with Gasteiger partial charge < -0.3 is 9.88 Å². The summed E-state index contributed by atoms with van der Waals surface area (Å²) in [7, 11) is 0. The summed E-state index contributed by atoms with van der Waals surface area (Å²) in [5.41, 5.74) is 2.81. The lowest BCUT2D eigenvalue weighted by molar-refractivity contribution is -0.118. The molecule has 5 nitrogen and oxygen atoms in total. The van der Waals surface area contributed by atoms with E-state index in [9.17, 15) is 9.59 Å². The van der Waals surface area contributed by atoms with Crippen molar-refractivity contribution < 1.29 is 4.79 Å². The summed E-state index contributed by atoms with van der Waals surface area (Å²) in [6.45, 7) is 5.98. The summed E-state index contributed by atoms with van der Waals surface area (Å²) >= 11 is 1.31. The normalized spacial score (nSPS) is 17.4. The molecule has 2 aromatic rings. The average Bonchev–Trinajstić information content (AvgIpc) is 2.89. The zero-order valence-corrected chi connectivity index (χ0v) is 15.6. The zero-order chi connectivity index (χ0) is 18.0. The highest BCUT2D eigenvalue weighted by molar-refractivity contribution is 8.00. The van der Waals surface area contributed by atoms with Crippen molar-refractivity contribution in [1.82, 2.24) is 9.97 Å². The quantitative estimate of drug-likeness (QED) is 0.659. The lowest BCUT2D eigenvalue weighted by Gasteiger charge is -2.25. The monoisotopic (exact) mass is 357 g/mol. The Bertz CT molecular complexity index is 833. The number of carbonyl (C=O) groups is 1. The number of nitrogens with zero attached hydrogens (tertiary/aromatic N) is 2. The Morgan fingerprint density at radius 1 is 1.44 bits per heavy atom. The van der Waals surface area contributed by atoms with Crippen LogP contribution in [0.15, 0.2) is 40.3 Å². The van der Waals surface area contributed by atoms with Gasteiger partial charge in [0, 0.05) is 23.5 Å². The van der Waals surface area contributed by atoms with Crippen LogP contribution in [0.2, 0.25) is 0 Å². The average molecular weight is 357 g/mol. The Balaban J connectivity index is 1.79. The summed E-state index contributed by atoms with van der Waals surface area (Å²) in [5.74, 6) is 0.0472. The van der Waals surface area contributed by atoms with E-state index in [2.05, 4.69) is 23.0 Å². The van der Waals surface area contributed by atoms with Crippen molar-refractivity contribution in [3.05, 3.63) is 51.9 Å². The van der Waals surface area contributed by atoms with E-state index < -0.39 is 0 Å². The summed E-state index contributed by atoms with van der Waals surface area (Å²) < 4.78 is 0. The van der Waals surface area contributed by atoms with E-state index in [-0.39, 0.29) is 22.8 Å². The lowest BCUT2D eigenvalue weighted by atomic mass is 10.1. The fraction of sp³-hybridized carbons (Fsp3) is 0.421. The zero-order valence-electron chi connectivity index (χ0n) is 14.8. The van der Waals surface area contributed by atoms with Crippen LogP contribution in [0.3, 0.4) is 0 Å². The number of anilines is 1. The molecule has 1 aliphatic rings. The third-order valence-electron chi connectivity index (χ3n) is 4.36. The number of nitrogens with one attached hydrogen (secondary N) is 1. The van der Waals surface area contributed by atoms with Crippen molar-refractivity contribution >= 4 is 23.4 Å². The van der Waals surface area contributed by atoms with Gasteiger partial charge in [-0.15, -0.1) is 0 Å². The molecule has 3 rings (SSSR count). The van der Waals surface area contributed by atoms with Crippen LogP contribution >= 0.6 is 11.8 Å². The molecule has 1 aromatic carbocycles. The van der Waals surface area contributed by atoms with E-state index in [1.54, 1.807) is 0 Å². The van der Waals surface area contributed by atoms with Crippen LogP contribution in [-0.2, 0) is 17.6 Å². The second-order valence-electron chi connectivity index (χ2n) is 6.44. The third kappa shape index (κ3) is 3.79. The van der Waals surface area contributed by atoms with Gasteiger partial charge in [-0.25, -0.2) is 4.98 Å². The van der Waals surface area contributed by atoms with Crippen LogP contribution in [-0.4, -0.2) is 27.2 Å². The molecule has 1 aliphatic heterocycles. The number of thioether (sulfide) groups is 1. The molecule has 1 aromatic heterocycles. The molecule has 0 aliphatic carbocycles. The number of carbonyl (C=O) groups excluding carboxylic acids is 1. The van der Waals surface area contributed by atoms with Crippen LogP contribution in [0.4, 0.5) is 5.69 Å². The molecular weight excluding hydrogens is 334 g/mol. The van der Waals surface area contributed by atoms with Gasteiger partial charge in [-0.3, -0.25) is 9.59 Å². The van der Waals surface area contributed by atoms with Crippen molar-refractivity contribution in [2.24, 2.45) is 0 Å². The first kappa shape index (κ1) is 17.7. The van der Waals surface area contributed by atoms with Crippen LogP contribution in [0.1, 0.15) is 38.4 Å². The number of aryl methyl sites for hydroxylation is 1. The van der Waals surface area contributed by atoms with Crippen molar-refractivity contribution in [2.45, 2.75) is 56.5 Å². The molecule has 6 heteroatoms. The first-order chi connectivity index (χ1) is 12.0. The SMILES string of the molecule is CCCc1cc(=O)[nH]c(S[C@H](C)C(=O)N2c3ccccc3C[C@H]2C)n1. The van der Waals surface area contributed by atoms with E-state index in [4.69, 9.17) is 0 Å². The maximum atomic E-state index is 13.0. The largest absolute Gasteiger partial charge is 0.308 e. The van der Waals surface area contributed by atoms with Gasteiger partial charge >= 0.3 is 0 Å². The van der Waals surface area contributed by atoms with Crippen molar-refractivity contribution in [1.29, 1.82) is 0 Å². The molecule has 0 unspecified atom stereocenters. The molecule has 25 heavy (non-hydrogen) atoms. The number of amides is 1. The fourth-order valence-electron chi connectivity index (χ4n) is 3.24. The van der Waals surface area contributed by atoms with Crippen LogP contribution in [0.5, 0.6) is 0 Å². The number of para-hydroxylation sites is 1. The number of aromatic amines is 1. The van der Waals surface area contributed by atoms with Gasteiger partial charge in [-0.2, -0.15) is 0 Å². The molecule has 0 radical (unpaired) electrons. The first-order valence-electron chi connectivity index (χ1n) is 8.67. The number of aromatic nitrogens is 2. The first-order valence-corrected chi connectivity index (χ1v) is 9.55. The minimum absolute atomic E-state index is 0.0472. The predicted octanol–water partition coefficient (Wildman–Crippen LogP) is 3.18. The van der Waals surface area contributed by atoms with E-state index in [1.807, 2.05) is 36.9 Å². The van der Waals surface area contributed by atoms with E-state index in [1.165, 1.54) is 23.4 Å². The minimum Gasteiger partial charge on any atom is -0.308 e. The smallest absolute Gasteiger partial charge is 0.251 e. The Hall–Kier alpha value is -2.08. The van der Waals surface area contributed by atoms with E-state index >= 15 is 0 Å². The van der Waals surface area contributed by atoms with Gasteiger partial charge in [0.05, 0.1) is 5.25 Å². The number of hydrogen-bond acceptors (Lipinski definition) is 4. The van der Waals surface area contributed by atoms with Gasteiger partial charge in [0.1, 0.15) is 0 Å². The number of fused-ring (bicyclic) bond motifs is 1. The predicted molar refractivity (Wildman–Crippen MR) is 101 cm³/mol. The van der Waals surface area contributed by atoms with Crippen molar-refractivity contribution in [3.8, 4) is 0 Å². The van der Waals surface area contributed by atoms with Crippen molar-refractivity contribution in [2.75, 3.05) is 4.90 Å². The molecular formula is C19H23N3O2S. The molecule has 0 fully saturated rings. The maximum Gasteiger partial charge on any atom is 0.251 e. The van der Waals surface area contributed by atoms with Gasteiger partial charge in [0.15, 0.2) is 5.16 Å². The lowest BCUT2D eigenvalue weighted by Crippen LogP contribution is -2.40. The van der Waals surface area contributed by atoms with Gasteiger partial charge in [0.25, 0.3) is 5.56 Å². The van der Waals surface area contributed by atoms with E-state index in [0.29, 0.717) is 5.16 Å². The maximum absolute atomic E-state index is 13.0. The molecule has 0 spiro atoms. The fourth-order valence-corrected chi connectivity index (χ4v) is 4.12. The van der Waals surface area contributed by atoms with Crippen LogP contribution in [0.25, 0.3) is 0 Å². The molecule has 0 saturated heterocycles. The molecule has 2 atom stereocenters. The third-order valence-corrected chi connectivity index (χ3v) is 5.33. The summed E-state index contributed by atoms with van der Waals surface area (Å²) in [6.07, 6.45) is 2.56. The van der Waals surface area contributed by atoms with Crippen LogP contribution < -0.4 is 10.5 Å². The Kier molecular flexibility index (Phi) is 5.27. The van der Waals surface area contributed by atoms with Gasteiger partial charge in [-0.1, -0.05) is 43.3 Å². The standard InChI is InChI=1S/C19H23N3O2S/c1-4-7-15-11-17(23)21-19(20-15)25-13(3)18(24)22-12(2)10-14-8-5-6-9-16(14)22/h5-6,8-9,11-13H,4,7,10H2,1-3H3,(H,20,21,23)/t12-,13-/m1/s1. The van der Waals surface area contributed by atoms with Crippen LogP contribution in [0, 0.1) is 0 Å². The molecule has 0 saturated carbocycles. The highest BCUT2D eigenvalue weighted by atomic mass is 32.2. The molecule has 132 valence electrons. The van der Waals surface area contributed by atoms with Gasteiger partial charge in [0.2, 0.25) is 5.91 Å². The number of H-pyrrole nitrogens is 1. The summed E-state index contributed by atoms with van der Waals surface area (Å²) in [6, 6.07) is 9.71. The van der Waals surface area contributed by atoms with E-state index in [0.717, 1.165) is 30.6 Å². The Labute approximate surface area is 151 Å². The molecule has 1 N–H and O–H groups in total. The minimum atomic E-state index is -0.325. The Morgan fingerprint density at radius 2 is 2.20 bits per heavy atom. The molecule has 2 heterocycles. The topological polar surface area (TPSA) is 66.1 Å². The number of benzene rings is 1. The second-order valence-corrected chi connectivity index (χ2v) is 7.77. The summed E-state index contributed by atoms with van der Waals surface area (Å²) in [4.78, 5) is 33.9. The highest BCUT2D eigenvalue weighted by Crippen LogP contribution is 2.34. The number of hydrogen-bond donors (Lipinski definition) is 1. The highest BCUT2D eigenvalue weighted by Gasteiger charge is 2.33. The second kappa shape index (κ2) is 7.44. The van der Waals surface area contributed by atoms with Crippen molar-refractivity contribution in [3.63, 3.8) is 0 Å². The Morgan fingerprint density at radius 3 is 2.96 bits per heavy atom.